The molecule has 0 radical (unpaired) electrons. The number of benzene rings is 1. The first-order valence-corrected chi connectivity index (χ1v) is 7.62. The van der Waals surface area contributed by atoms with E-state index in [1.807, 2.05) is 0 Å². The van der Waals surface area contributed by atoms with Gasteiger partial charge in [-0.2, -0.15) is 0 Å². The molecule has 1 N–H and O–H groups in total. The normalized spacial score (nSPS) is 17.7. The number of aliphatic carboxylic acids is 1. The molecule has 0 atom stereocenters. The van der Waals surface area contributed by atoms with Crippen molar-refractivity contribution in [2.24, 2.45) is 0 Å². The third kappa shape index (κ3) is 3.63. The zero-order chi connectivity index (χ0) is 17.3. The minimum Gasteiger partial charge on any atom is -0.481 e. The average molecular weight is 323 g/mol. The topological polar surface area (TPSA) is 66.8 Å². The van der Waals surface area contributed by atoms with Crippen LogP contribution in [0.3, 0.4) is 0 Å². The molecule has 126 valence electrons. The van der Waals surface area contributed by atoms with Gasteiger partial charge in [-0.3, -0.25) is 4.79 Å². The Morgan fingerprint density at radius 1 is 1.22 bits per heavy atom. The maximum Gasteiger partial charge on any atom is 0.410 e. The summed E-state index contributed by atoms with van der Waals surface area (Å²) in [6.07, 6.45) is -0.157. The maximum absolute atomic E-state index is 14.1. The van der Waals surface area contributed by atoms with Gasteiger partial charge in [-0.1, -0.05) is 18.2 Å². The Morgan fingerprint density at radius 2 is 1.78 bits per heavy atom. The van der Waals surface area contributed by atoms with Crippen LogP contribution in [0.4, 0.5) is 9.18 Å². The van der Waals surface area contributed by atoms with E-state index in [0.29, 0.717) is 0 Å². The molecule has 0 bridgehead atoms. The van der Waals surface area contributed by atoms with E-state index in [0.717, 1.165) is 0 Å². The van der Waals surface area contributed by atoms with Crippen molar-refractivity contribution in [3.8, 4) is 0 Å². The van der Waals surface area contributed by atoms with Crippen LogP contribution in [0.15, 0.2) is 24.3 Å². The van der Waals surface area contributed by atoms with E-state index in [2.05, 4.69) is 0 Å². The molecule has 0 spiro atoms. The van der Waals surface area contributed by atoms with Crippen molar-refractivity contribution < 1.29 is 23.8 Å². The molecular weight excluding hydrogens is 301 g/mol. The molecule has 1 aliphatic heterocycles. The molecule has 1 amide bonds. The molecule has 1 fully saturated rings. The Labute approximate surface area is 135 Å². The first-order valence-electron chi connectivity index (χ1n) is 7.62. The fourth-order valence-electron chi connectivity index (χ4n) is 2.85. The molecule has 23 heavy (non-hydrogen) atoms. The first-order chi connectivity index (χ1) is 10.7. The molecule has 6 heteroatoms. The third-order valence-corrected chi connectivity index (χ3v) is 4.07. The number of carbonyl (C=O) groups is 2. The number of piperidine rings is 1. The molecule has 0 aliphatic carbocycles. The molecule has 1 aromatic rings. The van der Waals surface area contributed by atoms with E-state index in [4.69, 9.17) is 4.74 Å². The van der Waals surface area contributed by atoms with Gasteiger partial charge in [0.05, 0.1) is 5.41 Å². The number of hydrogen-bond donors (Lipinski definition) is 1. The molecule has 1 aromatic carbocycles. The highest BCUT2D eigenvalue weighted by molar-refractivity contribution is 5.82. The quantitative estimate of drug-likeness (QED) is 0.908. The fraction of sp³-hybridized carbons (Fsp3) is 0.529. The van der Waals surface area contributed by atoms with E-state index in [-0.39, 0.29) is 31.5 Å². The largest absolute Gasteiger partial charge is 0.481 e. The second kappa shape index (κ2) is 6.18. The number of carboxylic acid groups (broad SMARTS) is 1. The molecular formula is C17H22FNO4. The number of hydrogen-bond acceptors (Lipinski definition) is 3. The lowest BCUT2D eigenvalue weighted by Crippen LogP contribution is -2.50. The molecule has 0 saturated carbocycles. The van der Waals surface area contributed by atoms with Gasteiger partial charge in [0, 0.05) is 18.7 Å². The minimum absolute atomic E-state index is 0.155. The Kier molecular flexibility index (Phi) is 4.63. The lowest BCUT2D eigenvalue weighted by Gasteiger charge is -2.39. The smallest absolute Gasteiger partial charge is 0.410 e. The van der Waals surface area contributed by atoms with Crippen LogP contribution in [-0.4, -0.2) is 40.8 Å². The van der Waals surface area contributed by atoms with Gasteiger partial charge in [0.25, 0.3) is 0 Å². The maximum atomic E-state index is 14.1. The Bertz CT molecular complexity index is 601. The zero-order valence-electron chi connectivity index (χ0n) is 13.6. The van der Waals surface area contributed by atoms with Crippen molar-refractivity contribution in [3.05, 3.63) is 35.6 Å². The van der Waals surface area contributed by atoms with Crippen LogP contribution < -0.4 is 0 Å². The van der Waals surface area contributed by atoms with E-state index < -0.39 is 28.9 Å². The number of amides is 1. The summed E-state index contributed by atoms with van der Waals surface area (Å²) in [5, 5.41) is 9.68. The summed E-state index contributed by atoms with van der Waals surface area (Å²) in [4.78, 5) is 25.4. The molecule has 1 aliphatic rings. The second-order valence-corrected chi connectivity index (χ2v) is 6.83. The minimum atomic E-state index is -1.30. The summed E-state index contributed by atoms with van der Waals surface area (Å²) >= 11 is 0. The van der Waals surface area contributed by atoms with Crippen LogP contribution in [-0.2, 0) is 14.9 Å². The standard InChI is InChI=1S/C17H22FNO4/c1-16(2,3)23-15(22)19-10-8-17(9-11-19,14(20)21)12-6-4-5-7-13(12)18/h4-7H,8-11H2,1-3H3,(H,20,21). The van der Waals surface area contributed by atoms with Gasteiger partial charge >= 0.3 is 12.1 Å². The number of carbonyl (C=O) groups excluding carboxylic acids is 1. The lowest BCUT2D eigenvalue weighted by atomic mass is 9.72. The summed E-state index contributed by atoms with van der Waals surface area (Å²) in [5.41, 5.74) is -1.73. The van der Waals surface area contributed by atoms with E-state index >= 15 is 0 Å². The van der Waals surface area contributed by atoms with Gasteiger partial charge in [-0.15, -0.1) is 0 Å². The van der Waals surface area contributed by atoms with Crippen LogP contribution in [0, 0.1) is 5.82 Å². The van der Waals surface area contributed by atoms with E-state index in [1.54, 1.807) is 26.8 Å². The van der Waals surface area contributed by atoms with Gasteiger partial charge in [0.1, 0.15) is 11.4 Å². The summed E-state index contributed by atoms with van der Waals surface area (Å²) in [7, 11) is 0. The van der Waals surface area contributed by atoms with Gasteiger partial charge in [-0.25, -0.2) is 9.18 Å². The van der Waals surface area contributed by atoms with Crippen molar-refractivity contribution >= 4 is 12.1 Å². The Hall–Kier alpha value is -2.11. The third-order valence-electron chi connectivity index (χ3n) is 4.07. The summed E-state index contributed by atoms with van der Waals surface area (Å²) in [5.74, 6) is -1.59. The van der Waals surface area contributed by atoms with Crippen molar-refractivity contribution in [3.63, 3.8) is 0 Å². The predicted molar refractivity (Wildman–Crippen MR) is 82.8 cm³/mol. The molecule has 1 heterocycles. The monoisotopic (exact) mass is 323 g/mol. The number of likely N-dealkylation sites (tertiary alicyclic amines) is 1. The first kappa shape index (κ1) is 17.2. The van der Waals surface area contributed by atoms with Crippen LogP contribution in [0.2, 0.25) is 0 Å². The van der Waals surface area contributed by atoms with E-state index in [1.165, 1.54) is 23.1 Å². The molecule has 0 aromatic heterocycles. The average Bonchev–Trinajstić information content (AvgIpc) is 2.46. The molecule has 5 nitrogen and oxygen atoms in total. The highest BCUT2D eigenvalue weighted by Crippen LogP contribution is 2.37. The van der Waals surface area contributed by atoms with Crippen LogP contribution in [0.5, 0.6) is 0 Å². The number of ether oxygens (including phenoxy) is 1. The summed E-state index contributed by atoms with van der Waals surface area (Å²) in [6.45, 7) is 5.76. The molecule has 2 rings (SSSR count). The van der Waals surface area contributed by atoms with Crippen LogP contribution in [0.25, 0.3) is 0 Å². The van der Waals surface area contributed by atoms with Crippen molar-refractivity contribution in [2.75, 3.05) is 13.1 Å². The Balaban J connectivity index is 2.18. The van der Waals surface area contributed by atoms with Crippen molar-refractivity contribution in [1.29, 1.82) is 0 Å². The predicted octanol–water partition coefficient (Wildman–Crippen LogP) is 3.18. The summed E-state index contributed by atoms with van der Waals surface area (Å²) in [6, 6.07) is 5.93. The number of carboxylic acids is 1. The van der Waals surface area contributed by atoms with Gasteiger partial charge < -0.3 is 14.7 Å². The number of nitrogens with zero attached hydrogens (tertiary/aromatic N) is 1. The van der Waals surface area contributed by atoms with Crippen LogP contribution in [0.1, 0.15) is 39.2 Å². The fourth-order valence-corrected chi connectivity index (χ4v) is 2.85. The van der Waals surface area contributed by atoms with Crippen molar-refractivity contribution in [1.82, 2.24) is 4.90 Å². The molecule has 1 saturated heterocycles. The lowest BCUT2D eigenvalue weighted by molar-refractivity contribution is -0.146. The van der Waals surface area contributed by atoms with Gasteiger partial charge in [-0.05, 0) is 39.7 Å². The highest BCUT2D eigenvalue weighted by atomic mass is 19.1. The Morgan fingerprint density at radius 3 is 2.26 bits per heavy atom. The second-order valence-electron chi connectivity index (χ2n) is 6.83. The molecule has 0 unspecified atom stereocenters. The zero-order valence-corrected chi connectivity index (χ0v) is 13.6. The van der Waals surface area contributed by atoms with E-state index in [9.17, 15) is 19.1 Å². The number of rotatable bonds is 2. The van der Waals surface area contributed by atoms with Gasteiger partial charge in [0.15, 0.2) is 0 Å². The van der Waals surface area contributed by atoms with Gasteiger partial charge in [0.2, 0.25) is 0 Å². The number of halogens is 1. The SMILES string of the molecule is CC(C)(C)OC(=O)N1CCC(C(=O)O)(c2ccccc2F)CC1. The summed E-state index contributed by atoms with van der Waals surface area (Å²) < 4.78 is 19.4. The highest BCUT2D eigenvalue weighted by Gasteiger charge is 2.45. The van der Waals surface area contributed by atoms with Crippen LogP contribution >= 0.6 is 0 Å². The van der Waals surface area contributed by atoms with Crippen molar-refractivity contribution in [2.45, 2.75) is 44.6 Å².